The molecule has 5 rings (SSSR count). The van der Waals surface area contributed by atoms with Gasteiger partial charge in [-0.05, 0) is 70.1 Å². The summed E-state index contributed by atoms with van der Waals surface area (Å²) in [4.78, 5) is 4.73. The Balaban J connectivity index is 1.40. The Hall–Kier alpha value is -3.81. The number of oxazole rings is 1. The minimum Gasteiger partial charge on any atom is -0.436 e. The zero-order valence-corrected chi connectivity index (χ0v) is 21.6. The predicted octanol–water partition coefficient (Wildman–Crippen LogP) is 5.30. The molecule has 194 valence electrons. The third-order valence-corrected chi connectivity index (χ3v) is 6.71. The molecule has 0 saturated heterocycles. The molecule has 0 bridgehead atoms. The molecule has 1 aromatic heterocycles. The fraction of sp³-hybridized carbons (Fsp3) is 0.219. The summed E-state index contributed by atoms with van der Waals surface area (Å²) in [7, 11) is 0. The Morgan fingerprint density at radius 2 is 1.34 bits per heavy atom. The largest absolute Gasteiger partial charge is 0.436 e. The molecule has 0 radical (unpaired) electrons. The van der Waals surface area contributed by atoms with Gasteiger partial charge in [0, 0.05) is 31.7 Å². The Morgan fingerprint density at radius 1 is 0.684 bits per heavy atom. The number of aromatic nitrogens is 1. The molecule has 0 unspecified atom stereocenters. The maximum Gasteiger partial charge on any atom is 0.227 e. The molecule has 6 heteroatoms. The Bertz CT molecular complexity index is 1510. The van der Waals surface area contributed by atoms with Gasteiger partial charge in [-0.1, -0.05) is 60.7 Å². The molecule has 0 atom stereocenters. The maximum atomic E-state index is 9.00. The molecule has 0 aliphatic carbocycles. The van der Waals surface area contributed by atoms with Crippen molar-refractivity contribution in [2.24, 2.45) is 0 Å². The van der Waals surface area contributed by atoms with E-state index in [2.05, 4.69) is 78.2 Å². The molecule has 4 N–H and O–H groups in total. The maximum absolute atomic E-state index is 9.00. The number of nitrogens with zero attached hydrogens (tertiary/aromatic N) is 1. The lowest BCUT2D eigenvalue weighted by molar-refractivity contribution is 0.291. The van der Waals surface area contributed by atoms with Crippen molar-refractivity contribution in [2.45, 2.75) is 20.0 Å². The molecule has 1 heterocycles. The fourth-order valence-electron chi connectivity index (χ4n) is 4.72. The lowest BCUT2D eigenvalue weighted by Gasteiger charge is -2.13. The van der Waals surface area contributed by atoms with Crippen molar-refractivity contribution in [1.82, 2.24) is 15.6 Å². The van der Waals surface area contributed by atoms with E-state index in [4.69, 9.17) is 19.6 Å². The average molecular weight is 508 g/mol. The standard InChI is InChI=1S/C32H33N3O3/c1-22-28(25-10-8-23(9-11-25)20-33-14-16-36)6-3-7-29(22)26-12-13-30-31(19-26)38-32(35-30)27-5-2-4-24(18-27)21-34-15-17-37/h2-13,18-19,33-34,36-37H,14-17,20-21H2,1H3. The van der Waals surface area contributed by atoms with Gasteiger partial charge in [-0.2, -0.15) is 0 Å². The van der Waals surface area contributed by atoms with Crippen molar-refractivity contribution in [1.29, 1.82) is 0 Å². The molecule has 0 fully saturated rings. The topological polar surface area (TPSA) is 90.5 Å². The summed E-state index contributed by atoms with van der Waals surface area (Å²) >= 11 is 0. The molecule has 0 amide bonds. The normalized spacial score (nSPS) is 11.3. The zero-order valence-electron chi connectivity index (χ0n) is 21.6. The van der Waals surface area contributed by atoms with E-state index in [1.807, 2.05) is 24.3 Å². The zero-order chi connectivity index (χ0) is 26.3. The van der Waals surface area contributed by atoms with E-state index in [0.717, 1.165) is 39.9 Å². The first-order chi connectivity index (χ1) is 18.7. The smallest absolute Gasteiger partial charge is 0.227 e. The van der Waals surface area contributed by atoms with Crippen LogP contribution >= 0.6 is 0 Å². The van der Waals surface area contributed by atoms with E-state index < -0.39 is 0 Å². The van der Waals surface area contributed by atoms with Crippen LogP contribution in [0.25, 0.3) is 44.8 Å². The molecule has 5 aromatic rings. The lowest BCUT2D eigenvalue weighted by Crippen LogP contribution is -2.17. The summed E-state index contributed by atoms with van der Waals surface area (Å²) in [6.45, 7) is 4.99. The van der Waals surface area contributed by atoms with Crippen LogP contribution in [0.3, 0.4) is 0 Å². The highest BCUT2D eigenvalue weighted by Gasteiger charge is 2.13. The number of benzene rings is 4. The second kappa shape index (κ2) is 12.2. The lowest BCUT2D eigenvalue weighted by atomic mass is 9.92. The van der Waals surface area contributed by atoms with Crippen molar-refractivity contribution >= 4 is 11.1 Å². The fourth-order valence-corrected chi connectivity index (χ4v) is 4.72. The molecule has 0 aliphatic rings. The van der Waals surface area contributed by atoms with Crippen LogP contribution in [0.15, 0.2) is 89.3 Å². The van der Waals surface area contributed by atoms with E-state index in [-0.39, 0.29) is 13.2 Å². The first-order valence-electron chi connectivity index (χ1n) is 13.0. The Kier molecular flexibility index (Phi) is 8.26. The van der Waals surface area contributed by atoms with Crippen LogP contribution in [0.4, 0.5) is 0 Å². The molecular weight excluding hydrogens is 474 g/mol. The van der Waals surface area contributed by atoms with Crippen LogP contribution < -0.4 is 10.6 Å². The van der Waals surface area contributed by atoms with Gasteiger partial charge in [-0.25, -0.2) is 4.98 Å². The molecule has 0 spiro atoms. The van der Waals surface area contributed by atoms with Crippen molar-refractivity contribution in [2.75, 3.05) is 26.3 Å². The molecule has 6 nitrogen and oxygen atoms in total. The van der Waals surface area contributed by atoms with E-state index in [0.29, 0.717) is 25.5 Å². The summed E-state index contributed by atoms with van der Waals surface area (Å²) in [6.07, 6.45) is 0. The highest BCUT2D eigenvalue weighted by molar-refractivity contribution is 5.85. The highest BCUT2D eigenvalue weighted by Crippen LogP contribution is 2.34. The number of nitrogens with one attached hydrogen (secondary N) is 2. The second-order valence-electron chi connectivity index (χ2n) is 9.38. The second-order valence-corrected chi connectivity index (χ2v) is 9.38. The first kappa shape index (κ1) is 25.8. The van der Waals surface area contributed by atoms with Crippen molar-refractivity contribution in [3.8, 4) is 33.7 Å². The number of fused-ring (bicyclic) bond motifs is 1. The van der Waals surface area contributed by atoms with Crippen LogP contribution in [-0.2, 0) is 13.1 Å². The van der Waals surface area contributed by atoms with E-state index in [1.165, 1.54) is 22.3 Å². The van der Waals surface area contributed by atoms with Crippen LogP contribution in [-0.4, -0.2) is 41.5 Å². The van der Waals surface area contributed by atoms with Gasteiger partial charge in [0.25, 0.3) is 0 Å². The summed E-state index contributed by atoms with van der Waals surface area (Å²) in [6, 6.07) is 29.3. The highest BCUT2D eigenvalue weighted by atomic mass is 16.3. The predicted molar refractivity (Wildman–Crippen MR) is 153 cm³/mol. The van der Waals surface area contributed by atoms with Gasteiger partial charge in [0.15, 0.2) is 5.58 Å². The Morgan fingerprint density at radius 3 is 2.08 bits per heavy atom. The molecule has 0 aliphatic heterocycles. The van der Waals surface area contributed by atoms with Gasteiger partial charge in [0.05, 0.1) is 13.2 Å². The summed E-state index contributed by atoms with van der Waals surface area (Å²) in [5.74, 6) is 0.597. The number of rotatable bonds is 11. The number of hydrogen-bond acceptors (Lipinski definition) is 6. The van der Waals surface area contributed by atoms with E-state index in [9.17, 15) is 0 Å². The van der Waals surface area contributed by atoms with E-state index in [1.54, 1.807) is 0 Å². The average Bonchev–Trinajstić information content (AvgIpc) is 3.38. The third kappa shape index (κ3) is 5.85. The summed E-state index contributed by atoms with van der Waals surface area (Å²) in [5, 5.41) is 24.4. The van der Waals surface area contributed by atoms with Crippen molar-refractivity contribution < 1.29 is 14.6 Å². The number of hydrogen-bond donors (Lipinski definition) is 4. The minimum absolute atomic E-state index is 0.117. The molecule has 4 aromatic carbocycles. The Labute approximate surface area is 223 Å². The summed E-state index contributed by atoms with van der Waals surface area (Å²) < 4.78 is 6.21. The quantitative estimate of drug-likeness (QED) is 0.181. The van der Waals surface area contributed by atoms with Crippen LogP contribution in [0.1, 0.15) is 16.7 Å². The number of aliphatic hydroxyl groups is 2. The van der Waals surface area contributed by atoms with Crippen LogP contribution in [0, 0.1) is 6.92 Å². The van der Waals surface area contributed by atoms with Gasteiger partial charge in [0.2, 0.25) is 5.89 Å². The number of aliphatic hydroxyl groups excluding tert-OH is 2. The van der Waals surface area contributed by atoms with Crippen LogP contribution in [0.2, 0.25) is 0 Å². The van der Waals surface area contributed by atoms with Gasteiger partial charge in [-0.15, -0.1) is 0 Å². The minimum atomic E-state index is 0.117. The van der Waals surface area contributed by atoms with Gasteiger partial charge in [0.1, 0.15) is 5.52 Å². The molecular formula is C32H33N3O3. The first-order valence-corrected chi connectivity index (χ1v) is 13.0. The monoisotopic (exact) mass is 507 g/mol. The van der Waals surface area contributed by atoms with Crippen molar-refractivity contribution in [3.63, 3.8) is 0 Å². The third-order valence-electron chi connectivity index (χ3n) is 6.71. The van der Waals surface area contributed by atoms with Crippen LogP contribution in [0.5, 0.6) is 0 Å². The van der Waals surface area contributed by atoms with Crippen molar-refractivity contribution in [3.05, 3.63) is 102 Å². The molecule has 0 saturated carbocycles. The van der Waals surface area contributed by atoms with Gasteiger partial charge in [-0.3, -0.25) is 0 Å². The molecule has 38 heavy (non-hydrogen) atoms. The summed E-state index contributed by atoms with van der Waals surface area (Å²) in [5.41, 5.74) is 10.6. The van der Waals surface area contributed by atoms with Gasteiger partial charge >= 0.3 is 0 Å². The van der Waals surface area contributed by atoms with E-state index >= 15 is 0 Å². The SMILES string of the molecule is Cc1c(-c2ccc(CNCCO)cc2)cccc1-c1ccc2nc(-c3cccc(CNCCO)c3)oc2c1. The van der Waals surface area contributed by atoms with Gasteiger partial charge < -0.3 is 25.3 Å².